The zero-order chi connectivity index (χ0) is 55.0. The maximum absolute atomic E-state index is 12.9. The second kappa shape index (κ2) is 65.4. The van der Waals surface area contributed by atoms with E-state index in [0.29, 0.717) is 19.3 Å². The number of ether oxygens (including phenoxy) is 3. The Balaban J connectivity index is 4.30. The summed E-state index contributed by atoms with van der Waals surface area (Å²) in [6.07, 6.45) is 79.0. The van der Waals surface area contributed by atoms with Gasteiger partial charge >= 0.3 is 17.9 Å². The molecule has 0 aliphatic carbocycles. The highest BCUT2D eigenvalue weighted by molar-refractivity contribution is 5.71. The van der Waals surface area contributed by atoms with Gasteiger partial charge in [-0.05, 0) is 51.4 Å². The molecule has 76 heavy (non-hydrogen) atoms. The Hall–Kier alpha value is -2.11. The van der Waals surface area contributed by atoms with Gasteiger partial charge in [0, 0.05) is 19.3 Å². The Morgan fingerprint density at radius 3 is 0.724 bits per heavy atom. The number of carbonyl (C=O) groups excluding carboxylic acids is 3. The minimum atomic E-state index is -0.769. The molecule has 0 heterocycles. The van der Waals surface area contributed by atoms with Crippen LogP contribution in [0.15, 0.2) is 24.3 Å². The third kappa shape index (κ3) is 62.7. The van der Waals surface area contributed by atoms with Crippen LogP contribution in [0.25, 0.3) is 0 Å². The molecule has 0 rings (SSSR count). The third-order valence-electron chi connectivity index (χ3n) is 15.7. The summed E-state index contributed by atoms with van der Waals surface area (Å²) >= 11 is 0. The van der Waals surface area contributed by atoms with E-state index >= 15 is 0 Å². The zero-order valence-corrected chi connectivity index (χ0v) is 51.6. The Morgan fingerprint density at radius 2 is 0.474 bits per heavy atom. The number of hydrogen-bond donors (Lipinski definition) is 0. The van der Waals surface area contributed by atoms with E-state index < -0.39 is 6.10 Å². The predicted octanol–water partition coefficient (Wildman–Crippen LogP) is 23.4. The lowest BCUT2D eigenvalue weighted by Crippen LogP contribution is -2.30. The molecular weight excluding hydrogens is 937 g/mol. The van der Waals surface area contributed by atoms with Crippen molar-refractivity contribution < 1.29 is 28.6 Å². The van der Waals surface area contributed by atoms with Gasteiger partial charge in [-0.1, -0.05) is 340 Å². The molecule has 0 spiro atoms. The van der Waals surface area contributed by atoms with Gasteiger partial charge < -0.3 is 14.2 Å². The van der Waals surface area contributed by atoms with Gasteiger partial charge in [-0.15, -0.1) is 0 Å². The van der Waals surface area contributed by atoms with E-state index in [1.54, 1.807) is 0 Å². The first kappa shape index (κ1) is 73.9. The first-order chi connectivity index (χ1) is 37.5. The minimum absolute atomic E-state index is 0.0658. The number of allylic oxidation sites excluding steroid dienone is 4. The predicted molar refractivity (Wildman–Crippen MR) is 330 cm³/mol. The van der Waals surface area contributed by atoms with E-state index in [-0.39, 0.29) is 31.1 Å². The van der Waals surface area contributed by atoms with Crippen molar-refractivity contribution >= 4 is 17.9 Å². The Morgan fingerprint density at radius 1 is 0.263 bits per heavy atom. The molecule has 0 amide bonds. The van der Waals surface area contributed by atoms with Crippen molar-refractivity contribution in [1.29, 1.82) is 0 Å². The first-order valence-corrected chi connectivity index (χ1v) is 34.3. The Kier molecular flexibility index (Phi) is 63.6. The smallest absolute Gasteiger partial charge is 0.306 e. The van der Waals surface area contributed by atoms with Crippen LogP contribution in [0.5, 0.6) is 0 Å². The van der Waals surface area contributed by atoms with Gasteiger partial charge in [-0.3, -0.25) is 14.4 Å². The molecule has 448 valence electrons. The van der Waals surface area contributed by atoms with E-state index in [0.717, 1.165) is 64.2 Å². The molecule has 0 N–H and O–H groups in total. The first-order valence-electron chi connectivity index (χ1n) is 34.3. The highest BCUT2D eigenvalue weighted by Gasteiger charge is 2.19. The highest BCUT2D eigenvalue weighted by atomic mass is 16.6. The van der Waals surface area contributed by atoms with Crippen LogP contribution in [-0.2, 0) is 28.6 Å². The van der Waals surface area contributed by atoms with Crippen LogP contribution in [0.3, 0.4) is 0 Å². The van der Waals surface area contributed by atoms with Gasteiger partial charge in [-0.2, -0.15) is 0 Å². The molecule has 0 saturated heterocycles. The molecule has 1 atom stereocenters. The average Bonchev–Trinajstić information content (AvgIpc) is 3.42. The summed E-state index contributed by atoms with van der Waals surface area (Å²) in [5.41, 5.74) is 0. The monoisotopic (exact) mass is 1070 g/mol. The number of unbranched alkanes of at least 4 members (excludes halogenated alkanes) is 49. The zero-order valence-electron chi connectivity index (χ0n) is 51.6. The second-order valence-electron chi connectivity index (χ2n) is 23.5. The molecule has 0 aromatic heterocycles. The number of hydrogen-bond acceptors (Lipinski definition) is 6. The summed E-state index contributed by atoms with van der Waals surface area (Å²) in [4.78, 5) is 38.4. The molecule has 0 aliphatic rings. The van der Waals surface area contributed by atoms with E-state index in [9.17, 15) is 14.4 Å². The van der Waals surface area contributed by atoms with Gasteiger partial charge in [0.05, 0.1) is 0 Å². The van der Waals surface area contributed by atoms with Crippen molar-refractivity contribution in [3.05, 3.63) is 24.3 Å². The molecule has 0 aliphatic heterocycles. The molecule has 6 nitrogen and oxygen atoms in total. The molecule has 0 bridgehead atoms. The second-order valence-corrected chi connectivity index (χ2v) is 23.5. The summed E-state index contributed by atoms with van der Waals surface area (Å²) in [5.74, 6) is -0.837. The molecule has 0 saturated carbocycles. The molecule has 0 aromatic rings. The molecule has 6 heteroatoms. The van der Waals surface area contributed by atoms with Crippen molar-refractivity contribution in [2.45, 2.75) is 393 Å². The molecular formula is C70H132O6. The van der Waals surface area contributed by atoms with Crippen molar-refractivity contribution in [1.82, 2.24) is 0 Å². The number of carbonyl (C=O) groups is 3. The summed E-state index contributed by atoms with van der Waals surface area (Å²) in [5, 5.41) is 0. The van der Waals surface area contributed by atoms with Crippen LogP contribution < -0.4 is 0 Å². The number of esters is 3. The minimum Gasteiger partial charge on any atom is -0.462 e. The fourth-order valence-corrected chi connectivity index (χ4v) is 10.5. The van der Waals surface area contributed by atoms with Crippen molar-refractivity contribution in [2.24, 2.45) is 0 Å². The molecule has 0 radical (unpaired) electrons. The van der Waals surface area contributed by atoms with E-state index in [1.165, 1.54) is 283 Å². The molecule has 0 aromatic carbocycles. The SMILES string of the molecule is CCCCCCC/C=C\C/C=C\CCCCCCCCCCCC(=O)OCC(COC(=O)CCCCCCCCCCCCCCCCCC)OC(=O)CCCCCCCCCCCCCCCCCCCCCCC. The molecule has 1 unspecified atom stereocenters. The normalized spacial score (nSPS) is 12.1. The summed E-state index contributed by atoms with van der Waals surface area (Å²) in [7, 11) is 0. The fourth-order valence-electron chi connectivity index (χ4n) is 10.5. The maximum atomic E-state index is 12.9. The van der Waals surface area contributed by atoms with Crippen LogP contribution in [-0.4, -0.2) is 37.2 Å². The van der Waals surface area contributed by atoms with Crippen molar-refractivity contribution in [3.63, 3.8) is 0 Å². The Labute approximate surface area is 474 Å². The van der Waals surface area contributed by atoms with Gasteiger partial charge in [0.1, 0.15) is 13.2 Å². The van der Waals surface area contributed by atoms with Gasteiger partial charge in [0.2, 0.25) is 0 Å². The van der Waals surface area contributed by atoms with E-state index in [1.807, 2.05) is 0 Å². The van der Waals surface area contributed by atoms with Crippen LogP contribution in [0.1, 0.15) is 387 Å². The van der Waals surface area contributed by atoms with Crippen LogP contribution in [0, 0.1) is 0 Å². The van der Waals surface area contributed by atoms with E-state index in [2.05, 4.69) is 45.1 Å². The summed E-state index contributed by atoms with van der Waals surface area (Å²) in [6.45, 7) is 6.71. The lowest BCUT2D eigenvalue weighted by atomic mass is 10.0. The van der Waals surface area contributed by atoms with Gasteiger partial charge in [-0.25, -0.2) is 0 Å². The van der Waals surface area contributed by atoms with Gasteiger partial charge in [0.15, 0.2) is 6.10 Å². The highest BCUT2D eigenvalue weighted by Crippen LogP contribution is 2.18. The number of rotatable bonds is 64. The third-order valence-corrected chi connectivity index (χ3v) is 15.7. The Bertz CT molecular complexity index is 1230. The molecule has 0 fully saturated rings. The van der Waals surface area contributed by atoms with Crippen LogP contribution in [0.2, 0.25) is 0 Å². The quantitative estimate of drug-likeness (QED) is 0.0261. The fraction of sp³-hybridized carbons (Fsp3) is 0.900. The summed E-state index contributed by atoms with van der Waals surface area (Å²) in [6, 6.07) is 0. The standard InChI is InChI=1S/C70H132O6/c1-4-7-10-13-16-19-22-25-28-31-33-35-37-39-42-45-48-51-54-57-60-63-69(72)75-66-67(65-74-68(71)62-59-56-53-50-47-44-41-30-27-24-21-18-15-12-9-6-3)76-70(73)64-61-58-55-52-49-46-43-40-38-36-34-32-29-26-23-20-17-14-11-8-5-2/h22,25,31,33,67H,4-21,23-24,26-30,32,34-66H2,1-3H3/b25-22-,33-31-. The average molecular weight is 1070 g/mol. The van der Waals surface area contributed by atoms with Crippen molar-refractivity contribution in [2.75, 3.05) is 13.2 Å². The largest absolute Gasteiger partial charge is 0.462 e. The van der Waals surface area contributed by atoms with Crippen LogP contribution in [0.4, 0.5) is 0 Å². The topological polar surface area (TPSA) is 78.9 Å². The van der Waals surface area contributed by atoms with Crippen LogP contribution >= 0.6 is 0 Å². The maximum Gasteiger partial charge on any atom is 0.306 e. The lowest BCUT2D eigenvalue weighted by molar-refractivity contribution is -0.167. The van der Waals surface area contributed by atoms with Crippen molar-refractivity contribution in [3.8, 4) is 0 Å². The lowest BCUT2D eigenvalue weighted by Gasteiger charge is -2.18. The van der Waals surface area contributed by atoms with E-state index in [4.69, 9.17) is 14.2 Å². The summed E-state index contributed by atoms with van der Waals surface area (Å²) < 4.78 is 17.0. The van der Waals surface area contributed by atoms with Gasteiger partial charge in [0.25, 0.3) is 0 Å².